The summed E-state index contributed by atoms with van der Waals surface area (Å²) >= 11 is 0. The van der Waals surface area contributed by atoms with Gasteiger partial charge in [0.15, 0.2) is 6.61 Å². The van der Waals surface area contributed by atoms with Gasteiger partial charge in [-0.1, -0.05) is 36.8 Å². The molecule has 0 N–H and O–H groups in total. The minimum Gasteiger partial charge on any atom is -0.455 e. The van der Waals surface area contributed by atoms with Gasteiger partial charge in [0, 0.05) is 12.8 Å². The molecule has 2 fully saturated rings. The Kier molecular flexibility index (Phi) is 4.55. The van der Waals surface area contributed by atoms with Gasteiger partial charge >= 0.3 is 5.97 Å². The fourth-order valence-corrected chi connectivity index (χ4v) is 4.59. The molecule has 25 heavy (non-hydrogen) atoms. The molecule has 132 valence electrons. The molecule has 5 heteroatoms. The van der Waals surface area contributed by atoms with Crippen molar-refractivity contribution < 1.29 is 14.3 Å². The van der Waals surface area contributed by atoms with E-state index >= 15 is 0 Å². The zero-order chi connectivity index (χ0) is 17.2. The summed E-state index contributed by atoms with van der Waals surface area (Å²) in [6, 6.07) is 9.85. The molecule has 5 nitrogen and oxygen atoms in total. The number of hydrogen-bond acceptors (Lipinski definition) is 4. The summed E-state index contributed by atoms with van der Waals surface area (Å²) in [4.78, 5) is 24.3. The van der Waals surface area contributed by atoms with Crippen molar-refractivity contribution in [2.24, 2.45) is 22.9 Å². The van der Waals surface area contributed by atoms with Crippen LogP contribution in [0.25, 0.3) is 0 Å². The highest BCUT2D eigenvalue weighted by Gasteiger charge is 2.40. The molecule has 2 aliphatic carbocycles. The maximum Gasteiger partial charge on any atom is 0.306 e. The quantitative estimate of drug-likeness (QED) is 0.774. The third-order valence-electron chi connectivity index (χ3n) is 5.87. The van der Waals surface area contributed by atoms with Crippen molar-refractivity contribution in [2.75, 3.05) is 13.2 Å². The van der Waals surface area contributed by atoms with E-state index in [1.807, 2.05) is 30.3 Å². The minimum atomic E-state index is -0.243. The van der Waals surface area contributed by atoms with Crippen LogP contribution in [0, 0.1) is 17.8 Å². The first-order valence-corrected chi connectivity index (χ1v) is 9.28. The number of amides is 1. The van der Waals surface area contributed by atoms with Gasteiger partial charge in [-0.15, -0.1) is 0 Å². The van der Waals surface area contributed by atoms with E-state index < -0.39 is 0 Å². The normalized spacial score (nSPS) is 27.4. The Bertz CT molecular complexity index is 685. The Morgan fingerprint density at radius 2 is 2.00 bits per heavy atom. The second-order valence-corrected chi connectivity index (χ2v) is 7.48. The summed E-state index contributed by atoms with van der Waals surface area (Å²) in [5, 5.41) is 5.80. The van der Waals surface area contributed by atoms with E-state index in [2.05, 4.69) is 5.10 Å². The first kappa shape index (κ1) is 16.3. The van der Waals surface area contributed by atoms with Crippen molar-refractivity contribution in [3.8, 4) is 0 Å². The Hall–Kier alpha value is -2.17. The molecule has 2 bridgehead atoms. The molecular formula is C20H24N2O3. The Morgan fingerprint density at radius 3 is 2.72 bits per heavy atom. The summed E-state index contributed by atoms with van der Waals surface area (Å²) in [5.41, 5.74) is 1.94. The van der Waals surface area contributed by atoms with Crippen LogP contribution >= 0.6 is 0 Å². The van der Waals surface area contributed by atoms with Crippen LogP contribution in [-0.2, 0) is 14.3 Å². The Labute approximate surface area is 148 Å². The molecule has 0 saturated heterocycles. The summed E-state index contributed by atoms with van der Waals surface area (Å²) in [6.45, 7) is 0.345. The lowest BCUT2D eigenvalue weighted by atomic mass is 9.86. The Balaban J connectivity index is 1.25. The van der Waals surface area contributed by atoms with Gasteiger partial charge in [0.2, 0.25) is 0 Å². The highest BCUT2D eigenvalue weighted by Crippen LogP contribution is 2.49. The SMILES string of the molecule is O=C(C[C@@H]1C[C@H]2CC[C@@H]1C2)OCC(=O)N1CCC(c2ccccc2)=N1. The molecule has 3 atom stereocenters. The lowest BCUT2D eigenvalue weighted by molar-refractivity contribution is -0.153. The number of esters is 1. The smallest absolute Gasteiger partial charge is 0.306 e. The van der Waals surface area contributed by atoms with E-state index in [9.17, 15) is 9.59 Å². The summed E-state index contributed by atoms with van der Waals surface area (Å²) in [6.07, 6.45) is 6.21. The molecular weight excluding hydrogens is 316 g/mol. The first-order chi connectivity index (χ1) is 12.2. The van der Waals surface area contributed by atoms with Crippen molar-refractivity contribution in [1.29, 1.82) is 0 Å². The van der Waals surface area contributed by atoms with Gasteiger partial charge < -0.3 is 4.74 Å². The number of benzene rings is 1. The zero-order valence-corrected chi connectivity index (χ0v) is 14.4. The first-order valence-electron chi connectivity index (χ1n) is 9.28. The molecule has 2 saturated carbocycles. The van der Waals surface area contributed by atoms with Gasteiger partial charge in [-0.2, -0.15) is 5.10 Å². The van der Waals surface area contributed by atoms with E-state index in [0.717, 1.165) is 30.0 Å². The average molecular weight is 340 g/mol. The highest BCUT2D eigenvalue weighted by atomic mass is 16.5. The predicted octanol–water partition coefficient (Wildman–Crippen LogP) is 2.99. The number of hydrazone groups is 1. The summed E-state index contributed by atoms with van der Waals surface area (Å²) in [5.74, 6) is 1.50. The van der Waals surface area contributed by atoms with E-state index in [-0.39, 0.29) is 18.5 Å². The molecule has 0 unspecified atom stereocenters. The molecule has 1 aliphatic heterocycles. The average Bonchev–Trinajstić information content (AvgIpc) is 3.37. The zero-order valence-electron chi connectivity index (χ0n) is 14.4. The van der Waals surface area contributed by atoms with E-state index in [1.165, 1.54) is 24.3 Å². The number of hydrogen-bond donors (Lipinski definition) is 0. The van der Waals surface area contributed by atoms with Crippen LogP contribution in [0.5, 0.6) is 0 Å². The molecule has 4 rings (SSSR count). The maximum absolute atomic E-state index is 12.2. The van der Waals surface area contributed by atoms with Gasteiger partial charge in [-0.05, 0) is 42.6 Å². The number of fused-ring (bicyclic) bond motifs is 2. The number of carbonyl (C=O) groups is 2. The van der Waals surface area contributed by atoms with Gasteiger partial charge in [0.25, 0.3) is 5.91 Å². The van der Waals surface area contributed by atoms with Gasteiger partial charge in [0.05, 0.1) is 12.3 Å². The lowest BCUT2D eigenvalue weighted by Crippen LogP contribution is -2.29. The minimum absolute atomic E-state index is 0.203. The molecule has 1 aromatic rings. The standard InChI is InChI=1S/C20H24N2O3/c23-19(22-9-8-18(21-22)15-4-2-1-3-5-15)13-25-20(24)12-17-11-14-6-7-16(17)10-14/h1-5,14,16-17H,6-13H2/t14-,16+,17-/m0/s1. The highest BCUT2D eigenvalue weighted by molar-refractivity contribution is 6.02. The van der Waals surface area contributed by atoms with Crippen LogP contribution in [0.1, 0.15) is 44.1 Å². The van der Waals surface area contributed by atoms with Gasteiger partial charge in [-0.3, -0.25) is 9.59 Å². The number of rotatable bonds is 5. The van der Waals surface area contributed by atoms with E-state index in [1.54, 1.807) is 0 Å². The molecule has 1 aromatic carbocycles. The third kappa shape index (κ3) is 3.60. The van der Waals surface area contributed by atoms with Crippen LogP contribution < -0.4 is 0 Å². The molecule has 1 amide bonds. The predicted molar refractivity (Wildman–Crippen MR) is 93.8 cm³/mol. The number of ether oxygens (including phenoxy) is 1. The van der Waals surface area contributed by atoms with Crippen molar-refractivity contribution in [1.82, 2.24) is 5.01 Å². The van der Waals surface area contributed by atoms with Crippen molar-refractivity contribution in [2.45, 2.75) is 38.5 Å². The lowest BCUT2D eigenvalue weighted by Gasteiger charge is -2.20. The largest absolute Gasteiger partial charge is 0.455 e. The van der Waals surface area contributed by atoms with Crippen LogP contribution in [0.2, 0.25) is 0 Å². The number of nitrogens with zero attached hydrogens (tertiary/aromatic N) is 2. The number of carbonyl (C=O) groups excluding carboxylic acids is 2. The molecule has 0 spiro atoms. The van der Waals surface area contributed by atoms with Crippen molar-refractivity contribution in [3.05, 3.63) is 35.9 Å². The maximum atomic E-state index is 12.2. The molecule has 1 heterocycles. The molecule has 0 aromatic heterocycles. The van der Waals surface area contributed by atoms with Crippen molar-refractivity contribution in [3.63, 3.8) is 0 Å². The second kappa shape index (κ2) is 6.98. The summed E-state index contributed by atoms with van der Waals surface area (Å²) < 4.78 is 5.23. The van der Waals surface area contributed by atoms with E-state index in [4.69, 9.17) is 4.74 Å². The van der Waals surface area contributed by atoms with Crippen molar-refractivity contribution >= 4 is 17.6 Å². The van der Waals surface area contributed by atoms with Gasteiger partial charge in [0.1, 0.15) is 0 Å². The van der Waals surface area contributed by atoms with Crippen LogP contribution in [0.15, 0.2) is 35.4 Å². The van der Waals surface area contributed by atoms with Crippen LogP contribution in [-0.4, -0.2) is 35.7 Å². The van der Waals surface area contributed by atoms with Crippen LogP contribution in [0.4, 0.5) is 0 Å². The molecule has 3 aliphatic rings. The van der Waals surface area contributed by atoms with Crippen LogP contribution in [0.3, 0.4) is 0 Å². The summed E-state index contributed by atoms with van der Waals surface area (Å²) in [7, 11) is 0. The van der Waals surface area contributed by atoms with E-state index in [0.29, 0.717) is 24.8 Å². The Morgan fingerprint density at radius 1 is 1.16 bits per heavy atom. The third-order valence-corrected chi connectivity index (χ3v) is 5.87. The molecule has 0 radical (unpaired) electrons. The fraction of sp³-hybridized carbons (Fsp3) is 0.550. The van der Waals surface area contributed by atoms with Gasteiger partial charge in [-0.25, -0.2) is 5.01 Å². The fourth-order valence-electron chi connectivity index (χ4n) is 4.59. The second-order valence-electron chi connectivity index (χ2n) is 7.48. The topological polar surface area (TPSA) is 59.0 Å². The monoisotopic (exact) mass is 340 g/mol.